The van der Waals surface area contributed by atoms with Gasteiger partial charge >= 0.3 is 15.5 Å². The largest absolute Gasteiger partial charge is 0.541 e. The molecule has 0 spiro atoms. The molecule has 8 nitrogen and oxygen atoms in total. The number of anilines is 2. The van der Waals surface area contributed by atoms with E-state index in [1.807, 2.05) is 76.2 Å². The molecule has 5 aromatic rings. The summed E-state index contributed by atoms with van der Waals surface area (Å²) in [5, 5.41) is 5.83. The highest BCUT2D eigenvalue weighted by atomic mass is 31.2. The average molecular weight is 629 g/mol. The smallest absolute Gasteiger partial charge is 0.400 e. The predicted octanol–water partition coefficient (Wildman–Crippen LogP) is 10.3. The van der Waals surface area contributed by atoms with Gasteiger partial charge in [-0.2, -0.15) is 0 Å². The third-order valence-corrected chi connectivity index (χ3v) is 9.27. The number of nitrogens with one attached hydrogen (secondary N) is 2. The zero-order valence-corrected chi connectivity index (χ0v) is 26.7. The van der Waals surface area contributed by atoms with Gasteiger partial charge in [0.2, 0.25) is 0 Å². The molecule has 0 atom stereocenters. The predicted molar refractivity (Wildman–Crippen MR) is 176 cm³/mol. The topological polar surface area (TPSA) is 95.1 Å². The molecular formula is C34H34N2O6P2. The Morgan fingerprint density at radius 3 is 0.773 bits per heavy atom. The lowest BCUT2D eigenvalue weighted by Crippen LogP contribution is -2.11. The second-order valence-corrected chi connectivity index (χ2v) is 13.6. The first-order valence-corrected chi connectivity index (χ1v) is 17.1. The minimum absolute atomic E-state index is 0.388. The molecule has 0 fully saturated rings. The van der Waals surface area contributed by atoms with Crippen LogP contribution < -0.4 is 28.3 Å². The SMILES string of the molecule is Cc1ccc(OP(=O)(Nc2ccc(NP(=O)(Oc3ccc(C)cc3)Oc3ccc(C)cc3)cc2)Oc2ccc(C)cc2)cc1. The molecule has 0 saturated carbocycles. The molecule has 2 N–H and O–H groups in total. The molecule has 10 heteroatoms. The Morgan fingerprint density at radius 2 is 0.568 bits per heavy atom. The molecule has 226 valence electrons. The van der Waals surface area contributed by atoms with Crippen LogP contribution >= 0.6 is 15.5 Å². The molecule has 5 rings (SSSR count). The van der Waals surface area contributed by atoms with Crippen molar-refractivity contribution in [2.45, 2.75) is 27.7 Å². The van der Waals surface area contributed by atoms with Crippen LogP contribution in [0.2, 0.25) is 0 Å². The number of aryl methyl sites for hydroxylation is 4. The lowest BCUT2D eigenvalue weighted by molar-refractivity contribution is 0.391. The molecule has 0 amide bonds. The van der Waals surface area contributed by atoms with Crippen molar-refractivity contribution in [1.29, 1.82) is 0 Å². The number of rotatable bonds is 12. The Balaban J connectivity index is 1.37. The van der Waals surface area contributed by atoms with Gasteiger partial charge < -0.3 is 18.1 Å². The molecule has 44 heavy (non-hydrogen) atoms. The highest BCUT2D eigenvalue weighted by Crippen LogP contribution is 2.50. The van der Waals surface area contributed by atoms with Crippen LogP contribution in [0.1, 0.15) is 22.3 Å². The number of benzene rings is 5. The fraction of sp³-hybridized carbons (Fsp3) is 0.118. The van der Waals surface area contributed by atoms with Crippen molar-refractivity contribution in [3.8, 4) is 23.0 Å². The van der Waals surface area contributed by atoms with Gasteiger partial charge in [-0.1, -0.05) is 70.8 Å². The van der Waals surface area contributed by atoms with E-state index in [0.717, 1.165) is 22.3 Å². The fourth-order valence-corrected chi connectivity index (χ4v) is 6.80. The summed E-state index contributed by atoms with van der Waals surface area (Å²) in [5.41, 5.74) is 5.06. The van der Waals surface area contributed by atoms with Gasteiger partial charge in [-0.05, 0) is 100 Å². The Kier molecular flexibility index (Phi) is 9.34. The lowest BCUT2D eigenvalue weighted by Gasteiger charge is -2.22. The highest BCUT2D eigenvalue weighted by molar-refractivity contribution is 7.56. The van der Waals surface area contributed by atoms with Crippen molar-refractivity contribution in [3.63, 3.8) is 0 Å². The quantitative estimate of drug-likeness (QED) is 0.132. The van der Waals surface area contributed by atoms with E-state index in [9.17, 15) is 9.13 Å². The number of hydrogen-bond acceptors (Lipinski definition) is 6. The Labute approximate surface area is 258 Å². The minimum atomic E-state index is -3.95. The summed E-state index contributed by atoms with van der Waals surface area (Å²) in [7, 11) is -7.89. The molecule has 0 radical (unpaired) electrons. The Bertz CT molecular complexity index is 1540. The van der Waals surface area contributed by atoms with Gasteiger partial charge in [-0.25, -0.2) is 9.13 Å². The van der Waals surface area contributed by atoms with Crippen molar-refractivity contribution in [2.24, 2.45) is 0 Å². The first kappa shape index (κ1) is 30.8. The minimum Gasteiger partial charge on any atom is -0.400 e. The highest BCUT2D eigenvalue weighted by Gasteiger charge is 2.31. The third kappa shape index (κ3) is 8.70. The van der Waals surface area contributed by atoms with Crippen LogP contribution in [0.3, 0.4) is 0 Å². The van der Waals surface area contributed by atoms with Crippen molar-refractivity contribution < 1.29 is 27.2 Å². The average Bonchev–Trinajstić information content (AvgIpc) is 2.99. The monoisotopic (exact) mass is 628 g/mol. The Morgan fingerprint density at radius 1 is 0.364 bits per heavy atom. The van der Waals surface area contributed by atoms with Crippen molar-refractivity contribution >= 4 is 26.9 Å². The van der Waals surface area contributed by atoms with E-state index in [1.54, 1.807) is 72.8 Å². The van der Waals surface area contributed by atoms with Gasteiger partial charge in [-0.3, -0.25) is 10.2 Å². The van der Waals surface area contributed by atoms with Crippen LogP contribution in [0, 0.1) is 27.7 Å². The summed E-state index contributed by atoms with van der Waals surface area (Å²) in [6.45, 7) is 7.82. The van der Waals surface area contributed by atoms with Crippen LogP contribution in [-0.2, 0) is 9.13 Å². The van der Waals surface area contributed by atoms with E-state index in [-0.39, 0.29) is 0 Å². The molecule has 0 bridgehead atoms. The molecule has 0 unspecified atom stereocenters. The first-order chi connectivity index (χ1) is 21.0. The van der Waals surface area contributed by atoms with E-state index in [0.29, 0.717) is 34.4 Å². The summed E-state index contributed by atoms with van der Waals surface area (Å²) in [6.07, 6.45) is 0. The molecular weight excluding hydrogens is 594 g/mol. The van der Waals surface area contributed by atoms with E-state index in [4.69, 9.17) is 18.1 Å². The van der Waals surface area contributed by atoms with Gasteiger partial charge in [0, 0.05) is 11.4 Å². The Hall–Kier alpha value is -4.64. The maximum Gasteiger partial charge on any atom is 0.541 e. The van der Waals surface area contributed by atoms with Crippen molar-refractivity contribution in [3.05, 3.63) is 144 Å². The van der Waals surface area contributed by atoms with Gasteiger partial charge in [0.15, 0.2) is 0 Å². The standard InChI is InChI=1S/C34H34N2O6P2/c1-25-5-17-31(18-6-25)39-43(37,40-32-19-7-26(2)8-20-32)35-29-13-15-30(16-14-29)36-44(38,41-33-21-9-27(3)10-22-33)42-34-23-11-28(4)12-24-34/h5-24H,1-4H3,(H,35,37)(H,36,38). The van der Waals surface area contributed by atoms with Crippen molar-refractivity contribution in [1.82, 2.24) is 0 Å². The number of hydrogen-bond donors (Lipinski definition) is 2. The molecule has 0 aliphatic carbocycles. The summed E-state index contributed by atoms with van der Waals surface area (Å²) < 4.78 is 51.5. The summed E-state index contributed by atoms with van der Waals surface area (Å²) in [4.78, 5) is 0. The van der Waals surface area contributed by atoms with Crippen LogP contribution in [-0.4, -0.2) is 0 Å². The molecule has 0 heterocycles. The van der Waals surface area contributed by atoms with Gasteiger partial charge in [0.05, 0.1) is 0 Å². The molecule has 5 aromatic carbocycles. The van der Waals surface area contributed by atoms with Crippen LogP contribution in [0.5, 0.6) is 23.0 Å². The van der Waals surface area contributed by atoms with Crippen LogP contribution in [0.4, 0.5) is 11.4 Å². The van der Waals surface area contributed by atoms with E-state index in [2.05, 4.69) is 10.2 Å². The molecule has 0 aliphatic rings. The second kappa shape index (κ2) is 13.3. The van der Waals surface area contributed by atoms with E-state index >= 15 is 0 Å². The summed E-state index contributed by atoms with van der Waals surface area (Å²) in [5.74, 6) is 1.55. The summed E-state index contributed by atoms with van der Waals surface area (Å²) in [6, 6.07) is 35.4. The maximum absolute atomic E-state index is 14.0. The second-order valence-electron chi connectivity index (χ2n) is 10.4. The normalized spacial score (nSPS) is 11.4. The zero-order chi connectivity index (χ0) is 31.2. The molecule has 0 aromatic heterocycles. The van der Waals surface area contributed by atoms with Crippen molar-refractivity contribution in [2.75, 3.05) is 10.2 Å². The third-order valence-electron chi connectivity index (χ3n) is 6.40. The van der Waals surface area contributed by atoms with Crippen LogP contribution in [0.25, 0.3) is 0 Å². The fourth-order valence-electron chi connectivity index (χ4n) is 4.02. The zero-order valence-electron chi connectivity index (χ0n) is 24.9. The molecule has 0 saturated heterocycles. The summed E-state index contributed by atoms with van der Waals surface area (Å²) >= 11 is 0. The van der Waals surface area contributed by atoms with E-state index in [1.165, 1.54) is 0 Å². The van der Waals surface area contributed by atoms with Gasteiger partial charge in [0.1, 0.15) is 23.0 Å². The van der Waals surface area contributed by atoms with Gasteiger partial charge in [0.25, 0.3) is 0 Å². The lowest BCUT2D eigenvalue weighted by atomic mass is 10.2. The molecule has 0 aliphatic heterocycles. The maximum atomic E-state index is 14.0. The van der Waals surface area contributed by atoms with E-state index < -0.39 is 15.5 Å². The van der Waals surface area contributed by atoms with Crippen LogP contribution in [0.15, 0.2) is 121 Å². The van der Waals surface area contributed by atoms with Gasteiger partial charge in [-0.15, -0.1) is 0 Å². The first-order valence-electron chi connectivity index (χ1n) is 14.0.